The van der Waals surface area contributed by atoms with E-state index in [1.165, 1.54) is 15.9 Å². The molecule has 5 nitrogen and oxygen atoms in total. The molecule has 0 N–H and O–H groups in total. The zero-order valence-corrected chi connectivity index (χ0v) is 16.7. The number of thiophene rings is 1. The molecule has 0 unspecified atom stereocenters. The predicted octanol–water partition coefficient (Wildman–Crippen LogP) is 4.31. The Bertz CT molecular complexity index is 1240. The number of hydrogen-bond donors (Lipinski definition) is 0. The van der Waals surface area contributed by atoms with Crippen LogP contribution < -0.4 is 16.0 Å². The zero-order valence-electron chi connectivity index (χ0n) is 15.1. The fourth-order valence-corrected chi connectivity index (χ4v) is 4.05. The van der Waals surface area contributed by atoms with Gasteiger partial charge in [0.05, 0.1) is 24.4 Å². The third kappa shape index (κ3) is 3.37. The summed E-state index contributed by atoms with van der Waals surface area (Å²) in [5, 5.41) is 2.46. The standard InChI is InChI=1S/C21H17ClN2O3S/c1-2-27-17-9-7-16(8-10-17)24-20(25)19-18(11-12-28-19)23(21(24)26)13-14-3-5-15(22)6-4-14/h3-12H,2,13H2,1H3. The first-order valence-electron chi connectivity index (χ1n) is 8.79. The summed E-state index contributed by atoms with van der Waals surface area (Å²) in [4.78, 5) is 26.2. The van der Waals surface area contributed by atoms with Gasteiger partial charge in [0.15, 0.2) is 0 Å². The monoisotopic (exact) mass is 412 g/mol. The number of hydrogen-bond acceptors (Lipinski definition) is 4. The first-order chi connectivity index (χ1) is 13.6. The number of benzene rings is 2. The van der Waals surface area contributed by atoms with Gasteiger partial charge < -0.3 is 4.74 Å². The second kappa shape index (κ2) is 7.66. The molecule has 0 aliphatic rings. The lowest BCUT2D eigenvalue weighted by Crippen LogP contribution is -2.38. The van der Waals surface area contributed by atoms with Crippen molar-refractivity contribution < 1.29 is 4.74 Å². The molecule has 0 atom stereocenters. The first kappa shape index (κ1) is 18.5. The van der Waals surface area contributed by atoms with Crippen LogP contribution in [0.2, 0.25) is 5.02 Å². The van der Waals surface area contributed by atoms with Gasteiger partial charge in [-0.05, 0) is 60.3 Å². The molecule has 4 rings (SSSR count). The summed E-state index contributed by atoms with van der Waals surface area (Å²) < 4.78 is 8.82. The highest BCUT2D eigenvalue weighted by atomic mass is 35.5. The normalized spacial score (nSPS) is 11.1. The van der Waals surface area contributed by atoms with E-state index < -0.39 is 0 Å². The Morgan fingerprint density at radius 2 is 1.71 bits per heavy atom. The average Bonchev–Trinajstić information content (AvgIpc) is 3.18. The van der Waals surface area contributed by atoms with Gasteiger partial charge in [-0.1, -0.05) is 23.7 Å². The molecule has 142 valence electrons. The van der Waals surface area contributed by atoms with Gasteiger partial charge in [-0.2, -0.15) is 0 Å². The van der Waals surface area contributed by atoms with E-state index in [0.717, 1.165) is 5.56 Å². The largest absolute Gasteiger partial charge is 0.494 e. The minimum atomic E-state index is -0.380. The van der Waals surface area contributed by atoms with E-state index in [0.29, 0.717) is 39.8 Å². The van der Waals surface area contributed by atoms with Crippen LogP contribution in [0.25, 0.3) is 15.9 Å². The van der Waals surface area contributed by atoms with E-state index in [4.69, 9.17) is 16.3 Å². The Morgan fingerprint density at radius 1 is 1.00 bits per heavy atom. The van der Waals surface area contributed by atoms with Crippen LogP contribution in [0, 0.1) is 0 Å². The van der Waals surface area contributed by atoms with Crippen LogP contribution in [-0.2, 0) is 6.54 Å². The summed E-state index contributed by atoms with van der Waals surface area (Å²) in [7, 11) is 0. The second-order valence-electron chi connectivity index (χ2n) is 6.20. The molecule has 0 radical (unpaired) electrons. The molecule has 0 bridgehead atoms. The molecule has 2 aromatic carbocycles. The number of fused-ring (bicyclic) bond motifs is 1. The Hall–Kier alpha value is -2.83. The van der Waals surface area contributed by atoms with Crippen molar-refractivity contribution in [1.82, 2.24) is 9.13 Å². The number of rotatable bonds is 5. The average molecular weight is 413 g/mol. The van der Waals surface area contributed by atoms with Crippen molar-refractivity contribution in [2.24, 2.45) is 0 Å². The molecule has 0 spiro atoms. The van der Waals surface area contributed by atoms with Crippen LogP contribution >= 0.6 is 22.9 Å². The molecule has 2 aromatic heterocycles. The molecule has 0 aliphatic carbocycles. The van der Waals surface area contributed by atoms with Gasteiger partial charge in [0.25, 0.3) is 5.56 Å². The molecule has 0 aliphatic heterocycles. The summed E-state index contributed by atoms with van der Waals surface area (Å²) in [6.07, 6.45) is 0. The van der Waals surface area contributed by atoms with E-state index in [2.05, 4.69) is 0 Å². The maximum atomic E-state index is 13.3. The summed E-state index contributed by atoms with van der Waals surface area (Å²) >= 11 is 7.29. The van der Waals surface area contributed by atoms with Crippen molar-refractivity contribution >= 4 is 33.2 Å². The molecule has 28 heavy (non-hydrogen) atoms. The predicted molar refractivity (Wildman–Crippen MR) is 113 cm³/mol. The third-order valence-electron chi connectivity index (χ3n) is 4.41. The first-order valence-corrected chi connectivity index (χ1v) is 10.0. The quantitative estimate of drug-likeness (QED) is 0.490. The lowest BCUT2D eigenvalue weighted by atomic mass is 10.2. The summed E-state index contributed by atoms with van der Waals surface area (Å²) in [6, 6.07) is 16.1. The fraction of sp³-hybridized carbons (Fsp3) is 0.143. The highest BCUT2D eigenvalue weighted by molar-refractivity contribution is 7.17. The lowest BCUT2D eigenvalue weighted by Gasteiger charge is -2.13. The van der Waals surface area contributed by atoms with Crippen molar-refractivity contribution in [3.8, 4) is 11.4 Å². The van der Waals surface area contributed by atoms with Gasteiger partial charge in [0.2, 0.25) is 0 Å². The molecule has 4 aromatic rings. The van der Waals surface area contributed by atoms with Gasteiger partial charge in [-0.3, -0.25) is 9.36 Å². The SMILES string of the molecule is CCOc1ccc(-n2c(=O)c3sccc3n(Cc3ccc(Cl)cc3)c2=O)cc1. The van der Waals surface area contributed by atoms with Crippen LogP contribution in [-0.4, -0.2) is 15.7 Å². The minimum Gasteiger partial charge on any atom is -0.494 e. The number of nitrogens with zero attached hydrogens (tertiary/aromatic N) is 2. The van der Waals surface area contributed by atoms with Crippen LogP contribution in [0.3, 0.4) is 0 Å². The number of ether oxygens (including phenoxy) is 1. The molecule has 0 amide bonds. The van der Waals surface area contributed by atoms with E-state index in [1.54, 1.807) is 47.0 Å². The molecular weight excluding hydrogens is 396 g/mol. The number of halogens is 1. The van der Waals surface area contributed by atoms with Gasteiger partial charge in [0, 0.05) is 5.02 Å². The molecular formula is C21H17ClN2O3S. The van der Waals surface area contributed by atoms with Crippen molar-refractivity contribution in [1.29, 1.82) is 0 Å². The Labute approximate surface area is 170 Å². The van der Waals surface area contributed by atoms with Gasteiger partial charge >= 0.3 is 5.69 Å². The molecule has 7 heteroatoms. The highest BCUT2D eigenvalue weighted by Crippen LogP contribution is 2.19. The third-order valence-corrected chi connectivity index (χ3v) is 5.56. The zero-order chi connectivity index (χ0) is 19.7. The lowest BCUT2D eigenvalue weighted by molar-refractivity contribution is 0.340. The van der Waals surface area contributed by atoms with Gasteiger partial charge in [-0.25, -0.2) is 9.36 Å². The van der Waals surface area contributed by atoms with Crippen LogP contribution in [0.4, 0.5) is 0 Å². The maximum Gasteiger partial charge on any atom is 0.336 e. The van der Waals surface area contributed by atoms with Crippen molar-refractivity contribution in [2.75, 3.05) is 6.61 Å². The van der Waals surface area contributed by atoms with Crippen molar-refractivity contribution in [3.05, 3.63) is 91.4 Å². The van der Waals surface area contributed by atoms with E-state index in [1.807, 2.05) is 24.4 Å². The Balaban J connectivity index is 1.88. The topological polar surface area (TPSA) is 53.2 Å². The van der Waals surface area contributed by atoms with Crippen molar-refractivity contribution in [3.63, 3.8) is 0 Å². The van der Waals surface area contributed by atoms with Crippen LogP contribution in [0.5, 0.6) is 5.75 Å². The summed E-state index contributed by atoms with van der Waals surface area (Å²) in [5.41, 5.74) is 1.38. The van der Waals surface area contributed by atoms with Crippen molar-refractivity contribution in [2.45, 2.75) is 13.5 Å². The molecule has 0 saturated heterocycles. The number of aromatic nitrogens is 2. The van der Waals surface area contributed by atoms with Gasteiger partial charge in [-0.15, -0.1) is 11.3 Å². The smallest absolute Gasteiger partial charge is 0.336 e. The second-order valence-corrected chi connectivity index (χ2v) is 7.55. The van der Waals surface area contributed by atoms with Crippen LogP contribution in [0.1, 0.15) is 12.5 Å². The van der Waals surface area contributed by atoms with E-state index >= 15 is 0 Å². The molecule has 2 heterocycles. The highest BCUT2D eigenvalue weighted by Gasteiger charge is 2.16. The molecule has 0 saturated carbocycles. The Morgan fingerprint density at radius 3 is 2.39 bits per heavy atom. The summed E-state index contributed by atoms with van der Waals surface area (Å²) in [6.45, 7) is 2.80. The van der Waals surface area contributed by atoms with E-state index in [9.17, 15) is 9.59 Å². The minimum absolute atomic E-state index is 0.313. The molecule has 0 fully saturated rings. The van der Waals surface area contributed by atoms with Crippen LogP contribution in [0.15, 0.2) is 69.6 Å². The fourth-order valence-electron chi connectivity index (χ4n) is 3.10. The van der Waals surface area contributed by atoms with Gasteiger partial charge in [0.1, 0.15) is 10.4 Å². The summed E-state index contributed by atoms with van der Waals surface area (Å²) in [5.74, 6) is 0.693. The Kier molecular flexibility index (Phi) is 5.07. The maximum absolute atomic E-state index is 13.3. The van der Waals surface area contributed by atoms with E-state index in [-0.39, 0.29) is 11.2 Å².